The average Bonchev–Trinajstić information content (AvgIpc) is 3.55. The molecular weight excluding hydrogens is 452 g/mol. The zero-order valence-corrected chi connectivity index (χ0v) is 18.9. The summed E-state index contributed by atoms with van der Waals surface area (Å²) in [4.78, 5) is 8.88. The fourth-order valence-corrected chi connectivity index (χ4v) is 4.38. The summed E-state index contributed by atoms with van der Waals surface area (Å²) in [5.74, 6) is 2.17. The number of nitrogens with one attached hydrogen (secondary N) is 1. The van der Waals surface area contributed by atoms with Crippen molar-refractivity contribution in [3.63, 3.8) is 0 Å². The molecule has 170 valence electrons. The van der Waals surface area contributed by atoms with Crippen LogP contribution >= 0.6 is 0 Å². The van der Waals surface area contributed by atoms with Crippen LogP contribution in [-0.4, -0.2) is 32.7 Å². The van der Waals surface area contributed by atoms with E-state index in [0.29, 0.717) is 29.0 Å². The van der Waals surface area contributed by atoms with Crippen LogP contribution in [0.15, 0.2) is 102 Å². The molecule has 0 bridgehead atoms. The molecule has 3 aromatic heterocycles. The molecule has 5 aromatic rings. The van der Waals surface area contributed by atoms with Crippen LogP contribution in [0.5, 0.6) is 11.6 Å². The topological polar surface area (TPSA) is 104 Å². The Labute approximate surface area is 196 Å². The highest BCUT2D eigenvalue weighted by molar-refractivity contribution is 7.92. The number of hydrogen-bond acceptors (Lipinski definition) is 6. The van der Waals surface area contributed by atoms with Gasteiger partial charge in [-0.25, -0.2) is 18.1 Å². The molecule has 0 fully saturated rings. The largest absolute Gasteiger partial charge is 0.439 e. The van der Waals surface area contributed by atoms with Crippen LogP contribution in [0.25, 0.3) is 11.5 Å². The maximum Gasteiger partial charge on any atom is 0.261 e. The number of aromatic nitrogens is 5. The van der Waals surface area contributed by atoms with Gasteiger partial charge in [-0.15, -0.1) is 0 Å². The van der Waals surface area contributed by atoms with E-state index in [1.165, 1.54) is 12.1 Å². The number of benzene rings is 2. The normalized spacial score (nSPS) is 11.3. The number of rotatable bonds is 7. The van der Waals surface area contributed by atoms with Gasteiger partial charge in [-0.1, -0.05) is 0 Å². The van der Waals surface area contributed by atoms with Crippen LogP contribution in [0.1, 0.15) is 5.82 Å². The summed E-state index contributed by atoms with van der Waals surface area (Å²) in [7, 11) is -3.75. The molecule has 10 heteroatoms. The Kier molecular flexibility index (Phi) is 5.56. The van der Waals surface area contributed by atoms with E-state index in [2.05, 4.69) is 19.8 Å². The van der Waals surface area contributed by atoms with Gasteiger partial charge in [-0.2, -0.15) is 10.1 Å². The first-order chi connectivity index (χ1) is 16.5. The molecule has 0 spiro atoms. The van der Waals surface area contributed by atoms with E-state index in [9.17, 15) is 8.42 Å². The van der Waals surface area contributed by atoms with E-state index >= 15 is 0 Å². The van der Waals surface area contributed by atoms with Crippen LogP contribution in [-0.2, 0) is 10.0 Å². The van der Waals surface area contributed by atoms with Gasteiger partial charge in [0, 0.05) is 36.5 Å². The van der Waals surface area contributed by atoms with Crippen LogP contribution in [0.2, 0.25) is 0 Å². The standard InChI is InChI=1S/C24H20N6O3S/c1-18-26-23(29-14-2-3-15-29)17-24(27-18)33-21-9-5-19(6-10-21)28-34(31,32)22-11-7-20(8-12-22)30-16-4-13-25-30/h2-17,28H,1H3. The maximum absolute atomic E-state index is 12.8. The van der Waals surface area contributed by atoms with Crippen molar-refractivity contribution in [3.8, 4) is 23.1 Å². The molecule has 0 radical (unpaired) electrons. The van der Waals surface area contributed by atoms with Crippen LogP contribution in [0, 0.1) is 6.92 Å². The first-order valence-corrected chi connectivity index (χ1v) is 11.8. The summed E-state index contributed by atoms with van der Waals surface area (Å²) in [6.07, 6.45) is 7.22. The Morgan fingerprint density at radius 1 is 0.882 bits per heavy atom. The lowest BCUT2D eigenvalue weighted by atomic mass is 10.3. The molecule has 3 heterocycles. The summed E-state index contributed by atoms with van der Waals surface area (Å²) in [6.45, 7) is 1.79. The summed E-state index contributed by atoms with van der Waals surface area (Å²) in [5, 5.41) is 4.14. The van der Waals surface area contributed by atoms with Crippen LogP contribution in [0.4, 0.5) is 5.69 Å². The lowest BCUT2D eigenvalue weighted by Gasteiger charge is -2.11. The molecular formula is C24H20N6O3S. The minimum Gasteiger partial charge on any atom is -0.439 e. The average molecular weight is 473 g/mol. The fraction of sp³-hybridized carbons (Fsp3) is 0.0417. The first kappa shape index (κ1) is 21.4. The third kappa shape index (κ3) is 4.66. The van der Waals surface area contributed by atoms with Gasteiger partial charge in [0.15, 0.2) is 0 Å². The molecule has 5 rings (SSSR count). The SMILES string of the molecule is Cc1nc(Oc2ccc(NS(=O)(=O)c3ccc(-n4cccn4)cc3)cc2)cc(-n2cccc2)n1. The second kappa shape index (κ2) is 8.83. The highest BCUT2D eigenvalue weighted by atomic mass is 32.2. The van der Waals surface area contributed by atoms with Crippen LogP contribution < -0.4 is 9.46 Å². The molecule has 0 saturated carbocycles. The number of aryl methyl sites for hydroxylation is 1. The van der Waals surface area contributed by atoms with Gasteiger partial charge in [0.2, 0.25) is 5.88 Å². The quantitative estimate of drug-likeness (QED) is 0.378. The second-order valence-corrected chi connectivity index (χ2v) is 9.06. The van der Waals surface area contributed by atoms with Gasteiger partial charge in [0.1, 0.15) is 17.4 Å². The van der Waals surface area contributed by atoms with Crippen molar-refractivity contribution in [2.75, 3.05) is 4.72 Å². The molecule has 0 atom stereocenters. The Morgan fingerprint density at radius 2 is 1.62 bits per heavy atom. The van der Waals surface area contributed by atoms with E-state index in [0.717, 1.165) is 5.69 Å². The van der Waals surface area contributed by atoms with Crippen molar-refractivity contribution in [1.29, 1.82) is 0 Å². The minimum atomic E-state index is -3.75. The van der Waals surface area contributed by atoms with Crippen molar-refractivity contribution < 1.29 is 13.2 Å². The van der Waals surface area contributed by atoms with E-state index in [-0.39, 0.29) is 4.90 Å². The zero-order chi connectivity index (χ0) is 23.5. The molecule has 0 unspecified atom stereocenters. The Balaban J connectivity index is 1.29. The number of sulfonamides is 1. The summed E-state index contributed by atoms with van der Waals surface area (Å²) in [5.41, 5.74) is 1.18. The number of ether oxygens (including phenoxy) is 1. The monoisotopic (exact) mass is 472 g/mol. The molecule has 0 amide bonds. The molecule has 34 heavy (non-hydrogen) atoms. The van der Waals surface area contributed by atoms with Crippen molar-refractivity contribution in [1.82, 2.24) is 24.3 Å². The fourth-order valence-electron chi connectivity index (χ4n) is 3.32. The van der Waals surface area contributed by atoms with E-state index in [4.69, 9.17) is 4.74 Å². The van der Waals surface area contributed by atoms with Crippen LogP contribution in [0.3, 0.4) is 0 Å². The predicted molar refractivity (Wildman–Crippen MR) is 127 cm³/mol. The third-order valence-corrected chi connectivity index (χ3v) is 6.31. The highest BCUT2D eigenvalue weighted by Crippen LogP contribution is 2.24. The first-order valence-electron chi connectivity index (χ1n) is 10.4. The summed E-state index contributed by atoms with van der Waals surface area (Å²) >= 11 is 0. The minimum absolute atomic E-state index is 0.151. The van der Waals surface area contributed by atoms with Crippen molar-refractivity contribution in [2.45, 2.75) is 11.8 Å². The Hall–Kier alpha value is -4.44. The predicted octanol–water partition coefficient (Wildman–Crippen LogP) is 4.35. The van der Waals surface area contributed by atoms with E-state index in [1.807, 2.05) is 29.1 Å². The van der Waals surface area contributed by atoms with E-state index < -0.39 is 10.0 Å². The van der Waals surface area contributed by atoms with Crippen molar-refractivity contribution >= 4 is 15.7 Å². The third-order valence-electron chi connectivity index (χ3n) is 4.91. The Morgan fingerprint density at radius 3 is 2.29 bits per heavy atom. The van der Waals surface area contributed by atoms with Gasteiger partial charge < -0.3 is 9.30 Å². The molecule has 0 aliphatic carbocycles. The molecule has 0 saturated heterocycles. The smallest absolute Gasteiger partial charge is 0.261 e. The molecule has 9 nitrogen and oxygen atoms in total. The molecule has 2 aromatic carbocycles. The molecule has 0 aliphatic rings. The number of nitrogens with zero attached hydrogens (tertiary/aromatic N) is 5. The van der Waals surface area contributed by atoms with Gasteiger partial charge in [0.05, 0.1) is 10.6 Å². The summed E-state index contributed by atoms with van der Waals surface area (Å²) < 4.78 is 37.5. The molecule has 0 aliphatic heterocycles. The summed E-state index contributed by atoms with van der Waals surface area (Å²) in [6, 6.07) is 20.4. The van der Waals surface area contributed by atoms with Gasteiger partial charge >= 0.3 is 0 Å². The van der Waals surface area contributed by atoms with Gasteiger partial charge in [-0.3, -0.25) is 4.72 Å². The number of anilines is 1. The second-order valence-electron chi connectivity index (χ2n) is 7.38. The lowest BCUT2D eigenvalue weighted by molar-refractivity contribution is 0.459. The highest BCUT2D eigenvalue weighted by Gasteiger charge is 2.15. The van der Waals surface area contributed by atoms with Crippen molar-refractivity contribution in [2.24, 2.45) is 0 Å². The lowest BCUT2D eigenvalue weighted by Crippen LogP contribution is -2.13. The zero-order valence-electron chi connectivity index (χ0n) is 18.1. The molecule has 1 N–H and O–H groups in total. The van der Waals surface area contributed by atoms with Gasteiger partial charge in [0.25, 0.3) is 10.0 Å². The van der Waals surface area contributed by atoms with Gasteiger partial charge in [-0.05, 0) is 73.7 Å². The van der Waals surface area contributed by atoms with E-state index in [1.54, 1.807) is 72.5 Å². The maximum atomic E-state index is 12.8. The Bertz CT molecular complexity index is 1500. The number of hydrogen-bond donors (Lipinski definition) is 1. The van der Waals surface area contributed by atoms with Crippen molar-refractivity contribution in [3.05, 3.63) is 103 Å².